The van der Waals surface area contributed by atoms with Crippen molar-refractivity contribution < 1.29 is 9.53 Å². The third-order valence-corrected chi connectivity index (χ3v) is 3.77. The molecule has 3 rings (SSSR count). The summed E-state index contributed by atoms with van der Waals surface area (Å²) in [5, 5.41) is 2.83. The van der Waals surface area contributed by atoms with Crippen LogP contribution in [-0.2, 0) is 6.61 Å². The maximum Gasteiger partial charge on any atom is 0.278 e. The summed E-state index contributed by atoms with van der Waals surface area (Å²) >= 11 is 0. The van der Waals surface area contributed by atoms with Crippen molar-refractivity contribution in [3.05, 3.63) is 77.7 Å². The van der Waals surface area contributed by atoms with Gasteiger partial charge in [-0.1, -0.05) is 30.3 Å². The number of nitrogens with zero attached hydrogens (tertiary/aromatic N) is 2. The Kier molecular flexibility index (Phi) is 4.89. The zero-order valence-electron chi connectivity index (χ0n) is 13.8. The van der Waals surface area contributed by atoms with E-state index in [1.54, 1.807) is 0 Å². The van der Waals surface area contributed by atoms with Crippen LogP contribution in [-0.4, -0.2) is 15.9 Å². The van der Waals surface area contributed by atoms with E-state index < -0.39 is 5.91 Å². The molecule has 1 heterocycles. The summed E-state index contributed by atoms with van der Waals surface area (Å²) in [6.07, 6.45) is 2.88. The van der Waals surface area contributed by atoms with Crippen LogP contribution in [0.25, 0.3) is 0 Å². The Morgan fingerprint density at radius 3 is 2.60 bits per heavy atom. The third kappa shape index (κ3) is 3.92. The van der Waals surface area contributed by atoms with Gasteiger partial charge in [-0.3, -0.25) is 4.79 Å². The van der Waals surface area contributed by atoms with Crippen LogP contribution in [0, 0.1) is 6.92 Å². The first-order valence-corrected chi connectivity index (χ1v) is 7.79. The van der Waals surface area contributed by atoms with Crippen molar-refractivity contribution in [2.24, 2.45) is 0 Å². The molecule has 25 heavy (non-hydrogen) atoms. The second kappa shape index (κ2) is 7.44. The molecule has 3 N–H and O–H groups in total. The van der Waals surface area contributed by atoms with Crippen molar-refractivity contribution in [2.45, 2.75) is 13.5 Å². The van der Waals surface area contributed by atoms with Gasteiger partial charge in [-0.25, -0.2) is 9.97 Å². The van der Waals surface area contributed by atoms with E-state index in [2.05, 4.69) is 15.3 Å². The summed E-state index contributed by atoms with van der Waals surface area (Å²) in [4.78, 5) is 20.2. The van der Waals surface area contributed by atoms with Crippen molar-refractivity contribution in [3.8, 4) is 5.75 Å². The average Bonchev–Trinajstić information content (AvgIpc) is 2.63. The molecule has 0 aliphatic carbocycles. The molecule has 0 unspecified atom stereocenters. The molecule has 0 fully saturated rings. The fourth-order valence-electron chi connectivity index (χ4n) is 2.36. The molecule has 0 atom stereocenters. The molecule has 0 saturated carbocycles. The number of para-hydroxylation sites is 1. The monoisotopic (exact) mass is 334 g/mol. The summed E-state index contributed by atoms with van der Waals surface area (Å²) in [5.41, 5.74) is 8.40. The van der Waals surface area contributed by atoms with Crippen molar-refractivity contribution in [2.75, 3.05) is 11.1 Å². The zero-order valence-corrected chi connectivity index (χ0v) is 13.8. The predicted molar refractivity (Wildman–Crippen MR) is 96.4 cm³/mol. The number of nitrogens with two attached hydrogens (primary N) is 1. The van der Waals surface area contributed by atoms with Crippen LogP contribution >= 0.6 is 0 Å². The number of nitrogens with one attached hydrogen (secondary N) is 1. The topological polar surface area (TPSA) is 90.1 Å². The standard InChI is InChI=1S/C19H18N4O2/c1-13-14(12-25-15-7-3-2-4-8-15)6-5-9-16(13)23-19(24)17-18(20)22-11-10-21-17/h2-11H,12H2,1H3,(H2,20,22)(H,23,24). The number of ether oxygens (including phenoxy) is 1. The number of hydrogen-bond donors (Lipinski definition) is 2. The lowest BCUT2D eigenvalue weighted by Crippen LogP contribution is -2.17. The van der Waals surface area contributed by atoms with Gasteiger partial charge in [0, 0.05) is 18.1 Å². The Hall–Kier alpha value is -3.41. The molecular weight excluding hydrogens is 316 g/mol. The largest absolute Gasteiger partial charge is 0.489 e. The summed E-state index contributed by atoms with van der Waals surface area (Å²) in [7, 11) is 0. The van der Waals surface area contributed by atoms with Gasteiger partial charge in [0.1, 0.15) is 12.4 Å². The second-order valence-corrected chi connectivity index (χ2v) is 5.44. The number of rotatable bonds is 5. The van der Waals surface area contributed by atoms with Gasteiger partial charge in [-0.15, -0.1) is 0 Å². The molecule has 0 aliphatic rings. The number of hydrogen-bond acceptors (Lipinski definition) is 5. The summed E-state index contributed by atoms with van der Waals surface area (Å²) in [6, 6.07) is 15.2. The van der Waals surface area contributed by atoms with Gasteiger partial charge in [0.15, 0.2) is 11.5 Å². The number of aromatic nitrogens is 2. The molecule has 3 aromatic rings. The molecule has 6 nitrogen and oxygen atoms in total. The highest BCUT2D eigenvalue weighted by Gasteiger charge is 2.14. The maximum absolute atomic E-state index is 12.4. The molecule has 0 aliphatic heterocycles. The van der Waals surface area contributed by atoms with Crippen molar-refractivity contribution in [1.82, 2.24) is 9.97 Å². The molecule has 0 bridgehead atoms. The van der Waals surface area contributed by atoms with E-state index in [1.807, 2.05) is 55.5 Å². The zero-order chi connectivity index (χ0) is 17.6. The van der Waals surface area contributed by atoms with Crippen molar-refractivity contribution in [1.29, 1.82) is 0 Å². The fraction of sp³-hybridized carbons (Fsp3) is 0.105. The summed E-state index contributed by atoms with van der Waals surface area (Å²) in [5.74, 6) is 0.500. The molecule has 2 aromatic carbocycles. The molecule has 0 saturated heterocycles. The Morgan fingerprint density at radius 1 is 1.08 bits per heavy atom. The molecule has 1 amide bonds. The average molecular weight is 334 g/mol. The first-order chi connectivity index (χ1) is 12.1. The van der Waals surface area contributed by atoms with E-state index in [-0.39, 0.29) is 11.5 Å². The normalized spacial score (nSPS) is 10.3. The van der Waals surface area contributed by atoms with Gasteiger partial charge >= 0.3 is 0 Å². The summed E-state index contributed by atoms with van der Waals surface area (Å²) in [6.45, 7) is 2.34. The van der Waals surface area contributed by atoms with E-state index >= 15 is 0 Å². The Morgan fingerprint density at radius 2 is 1.84 bits per heavy atom. The minimum atomic E-state index is -0.394. The number of nitrogen functional groups attached to an aromatic ring is 1. The Bertz CT molecular complexity index is 882. The first-order valence-electron chi connectivity index (χ1n) is 7.79. The van der Waals surface area contributed by atoms with Gasteiger partial charge in [0.25, 0.3) is 5.91 Å². The molecule has 0 spiro atoms. The molecule has 126 valence electrons. The number of benzene rings is 2. The number of carbonyl (C=O) groups excluding carboxylic acids is 1. The van der Waals surface area contributed by atoms with Gasteiger partial charge in [0.2, 0.25) is 0 Å². The number of amides is 1. The molecular formula is C19H18N4O2. The maximum atomic E-state index is 12.4. The second-order valence-electron chi connectivity index (χ2n) is 5.44. The third-order valence-electron chi connectivity index (χ3n) is 3.77. The number of carbonyl (C=O) groups is 1. The highest BCUT2D eigenvalue weighted by atomic mass is 16.5. The lowest BCUT2D eigenvalue weighted by Gasteiger charge is -2.13. The van der Waals surface area contributed by atoms with Gasteiger partial charge < -0.3 is 15.8 Å². The van der Waals surface area contributed by atoms with Crippen LogP contribution in [0.4, 0.5) is 11.5 Å². The lowest BCUT2D eigenvalue weighted by molar-refractivity contribution is 0.102. The van der Waals surface area contributed by atoms with Crippen LogP contribution in [0.5, 0.6) is 5.75 Å². The van der Waals surface area contributed by atoms with E-state index in [9.17, 15) is 4.79 Å². The lowest BCUT2D eigenvalue weighted by atomic mass is 10.1. The summed E-state index contributed by atoms with van der Waals surface area (Å²) < 4.78 is 5.78. The van der Waals surface area contributed by atoms with Crippen LogP contribution in [0.1, 0.15) is 21.6 Å². The van der Waals surface area contributed by atoms with Crippen LogP contribution in [0.3, 0.4) is 0 Å². The van der Waals surface area contributed by atoms with Gasteiger partial charge in [0.05, 0.1) is 0 Å². The van der Waals surface area contributed by atoms with E-state index in [0.29, 0.717) is 12.3 Å². The SMILES string of the molecule is Cc1c(COc2ccccc2)cccc1NC(=O)c1nccnc1N. The quantitative estimate of drug-likeness (QED) is 0.748. The Labute approximate surface area is 145 Å². The van der Waals surface area contributed by atoms with Gasteiger partial charge in [-0.2, -0.15) is 0 Å². The predicted octanol–water partition coefficient (Wildman–Crippen LogP) is 3.20. The van der Waals surface area contributed by atoms with Crippen molar-refractivity contribution >= 4 is 17.4 Å². The fourth-order valence-corrected chi connectivity index (χ4v) is 2.36. The minimum Gasteiger partial charge on any atom is -0.489 e. The van der Waals surface area contributed by atoms with Gasteiger partial charge in [-0.05, 0) is 36.2 Å². The van der Waals surface area contributed by atoms with Crippen LogP contribution < -0.4 is 15.8 Å². The highest BCUT2D eigenvalue weighted by Crippen LogP contribution is 2.22. The van der Waals surface area contributed by atoms with E-state index in [0.717, 1.165) is 16.9 Å². The minimum absolute atomic E-state index is 0.0984. The molecule has 1 aromatic heterocycles. The molecule has 0 radical (unpaired) electrons. The van der Waals surface area contributed by atoms with Crippen LogP contribution in [0.15, 0.2) is 60.9 Å². The van der Waals surface area contributed by atoms with E-state index in [1.165, 1.54) is 12.4 Å². The highest BCUT2D eigenvalue weighted by molar-refractivity contribution is 6.06. The van der Waals surface area contributed by atoms with Crippen molar-refractivity contribution in [3.63, 3.8) is 0 Å². The Balaban J connectivity index is 1.75. The first kappa shape index (κ1) is 16.4. The number of anilines is 2. The smallest absolute Gasteiger partial charge is 0.278 e. The van der Waals surface area contributed by atoms with E-state index in [4.69, 9.17) is 10.5 Å². The molecule has 6 heteroatoms. The van der Waals surface area contributed by atoms with Crippen LogP contribution in [0.2, 0.25) is 0 Å².